The van der Waals surface area contributed by atoms with Crippen LogP contribution in [-0.4, -0.2) is 11.1 Å². The van der Waals surface area contributed by atoms with Crippen molar-refractivity contribution in [3.63, 3.8) is 0 Å². The zero-order valence-electron chi connectivity index (χ0n) is 15.4. The second-order valence-electron chi connectivity index (χ2n) is 7.11. The minimum atomic E-state index is -0.872. The Morgan fingerprint density at radius 2 is 1.82 bits per heavy atom. The lowest BCUT2D eigenvalue weighted by Crippen LogP contribution is -2.02. The zero-order chi connectivity index (χ0) is 19.5. The van der Waals surface area contributed by atoms with Gasteiger partial charge in [-0.2, -0.15) is 0 Å². The molecule has 5 heteroatoms. The Hall–Kier alpha value is -2.30. The zero-order valence-corrected chi connectivity index (χ0v) is 16.9. The van der Waals surface area contributed by atoms with Crippen molar-refractivity contribution in [1.29, 1.82) is 0 Å². The van der Waals surface area contributed by atoms with Crippen molar-refractivity contribution in [2.75, 3.05) is 0 Å². The number of thiophene rings is 1. The van der Waals surface area contributed by atoms with Gasteiger partial charge in [0.2, 0.25) is 0 Å². The van der Waals surface area contributed by atoms with Gasteiger partial charge < -0.3 is 9.84 Å². The summed E-state index contributed by atoms with van der Waals surface area (Å²) >= 11 is 7.48. The number of halogens is 1. The smallest absolute Gasteiger partial charge is 0.335 e. The normalized spacial score (nSPS) is 14.3. The predicted octanol–water partition coefficient (Wildman–Crippen LogP) is 7.00. The first-order valence-corrected chi connectivity index (χ1v) is 10.6. The van der Waals surface area contributed by atoms with Gasteiger partial charge in [0.1, 0.15) is 12.4 Å². The van der Waals surface area contributed by atoms with E-state index in [4.69, 9.17) is 16.3 Å². The highest BCUT2D eigenvalue weighted by Gasteiger charge is 2.22. The van der Waals surface area contributed by atoms with Crippen LogP contribution in [0.25, 0.3) is 11.1 Å². The molecule has 1 aliphatic rings. The number of hydrogen-bond acceptors (Lipinski definition) is 3. The molecule has 0 unspecified atom stereocenters. The predicted molar refractivity (Wildman–Crippen MR) is 114 cm³/mol. The summed E-state index contributed by atoms with van der Waals surface area (Å²) in [6.07, 6.45) is 4.67. The van der Waals surface area contributed by atoms with Crippen molar-refractivity contribution in [1.82, 2.24) is 0 Å². The van der Waals surface area contributed by atoms with Crippen LogP contribution < -0.4 is 4.74 Å². The fourth-order valence-electron chi connectivity index (χ4n) is 3.85. The highest BCUT2D eigenvalue weighted by Crippen LogP contribution is 2.40. The van der Waals surface area contributed by atoms with Crippen LogP contribution in [0.2, 0.25) is 4.34 Å². The van der Waals surface area contributed by atoms with Crippen LogP contribution in [0.1, 0.15) is 52.4 Å². The molecule has 0 amide bonds. The topological polar surface area (TPSA) is 46.5 Å². The molecule has 1 aliphatic carbocycles. The van der Waals surface area contributed by atoms with Crippen LogP contribution in [0.15, 0.2) is 54.6 Å². The average Bonchev–Trinajstić information content (AvgIpc) is 3.38. The summed E-state index contributed by atoms with van der Waals surface area (Å²) in [5.41, 5.74) is 3.72. The van der Waals surface area contributed by atoms with E-state index in [-0.39, 0.29) is 0 Å². The van der Waals surface area contributed by atoms with E-state index in [1.165, 1.54) is 24.2 Å². The molecule has 144 valence electrons. The molecule has 2 aromatic carbocycles. The Balaban J connectivity index is 1.56. The Morgan fingerprint density at radius 3 is 2.46 bits per heavy atom. The lowest BCUT2D eigenvalue weighted by molar-refractivity contribution is 0.0696. The van der Waals surface area contributed by atoms with E-state index >= 15 is 0 Å². The molecule has 1 aromatic heterocycles. The van der Waals surface area contributed by atoms with E-state index in [0.29, 0.717) is 18.1 Å². The third kappa shape index (κ3) is 4.23. The van der Waals surface area contributed by atoms with E-state index in [0.717, 1.165) is 44.5 Å². The molecule has 1 saturated carbocycles. The lowest BCUT2D eigenvalue weighted by atomic mass is 9.88. The van der Waals surface area contributed by atoms with Crippen molar-refractivity contribution < 1.29 is 14.6 Å². The Kier molecular flexibility index (Phi) is 5.69. The van der Waals surface area contributed by atoms with Crippen molar-refractivity contribution in [3.05, 3.63) is 74.9 Å². The van der Waals surface area contributed by atoms with Crippen molar-refractivity contribution >= 4 is 28.9 Å². The first kappa shape index (κ1) is 19.0. The van der Waals surface area contributed by atoms with Gasteiger partial charge in [-0.25, -0.2) is 4.79 Å². The minimum Gasteiger partial charge on any atom is -0.488 e. The molecule has 0 atom stereocenters. The Labute approximate surface area is 173 Å². The fourth-order valence-corrected chi connectivity index (χ4v) is 4.85. The van der Waals surface area contributed by atoms with Gasteiger partial charge in [0.05, 0.1) is 9.90 Å². The molecule has 3 nitrogen and oxygen atoms in total. The number of rotatable bonds is 6. The molecular weight excluding hydrogens is 392 g/mol. The summed E-state index contributed by atoms with van der Waals surface area (Å²) in [6, 6.07) is 17.4. The molecule has 28 heavy (non-hydrogen) atoms. The Morgan fingerprint density at radius 1 is 1.07 bits per heavy atom. The molecule has 4 rings (SSSR count). The minimum absolute atomic E-state index is 0.361. The van der Waals surface area contributed by atoms with Gasteiger partial charge in [-0.15, -0.1) is 11.3 Å². The molecule has 0 aliphatic heterocycles. The van der Waals surface area contributed by atoms with E-state index in [1.807, 2.05) is 48.5 Å². The van der Waals surface area contributed by atoms with Crippen LogP contribution in [0, 0.1) is 0 Å². The van der Waals surface area contributed by atoms with Gasteiger partial charge in [-0.1, -0.05) is 42.6 Å². The fraction of sp³-hybridized carbons (Fsp3) is 0.261. The van der Waals surface area contributed by atoms with E-state index in [1.54, 1.807) is 6.07 Å². The van der Waals surface area contributed by atoms with E-state index in [9.17, 15) is 9.90 Å². The summed E-state index contributed by atoms with van der Waals surface area (Å²) in [4.78, 5) is 12.5. The van der Waals surface area contributed by atoms with E-state index in [2.05, 4.69) is 0 Å². The number of benzene rings is 2. The third-order valence-corrected chi connectivity index (χ3v) is 6.47. The number of aromatic carboxylic acids is 1. The van der Waals surface area contributed by atoms with Crippen LogP contribution in [0.4, 0.5) is 0 Å². The molecule has 0 bridgehead atoms. The van der Waals surface area contributed by atoms with Gasteiger partial charge in [0.15, 0.2) is 0 Å². The molecule has 0 radical (unpaired) electrons. The van der Waals surface area contributed by atoms with Gasteiger partial charge in [0, 0.05) is 4.88 Å². The van der Waals surface area contributed by atoms with Crippen molar-refractivity contribution in [3.8, 4) is 16.9 Å². The maximum Gasteiger partial charge on any atom is 0.335 e. The summed E-state index contributed by atoms with van der Waals surface area (Å²) in [5.74, 6) is 0.370. The summed E-state index contributed by atoms with van der Waals surface area (Å²) < 4.78 is 6.61. The van der Waals surface area contributed by atoms with Crippen LogP contribution in [0.5, 0.6) is 5.75 Å². The molecule has 3 aromatic rings. The quantitative estimate of drug-likeness (QED) is 0.473. The SMILES string of the molecule is O=C(O)c1ccc(-c2ccc(OCc3ccc(Cl)s3)cc2)c(C2CCCC2)c1. The second kappa shape index (κ2) is 8.38. The largest absolute Gasteiger partial charge is 0.488 e. The highest BCUT2D eigenvalue weighted by molar-refractivity contribution is 7.16. The highest BCUT2D eigenvalue weighted by atomic mass is 35.5. The van der Waals surface area contributed by atoms with Crippen LogP contribution >= 0.6 is 22.9 Å². The number of hydrogen-bond donors (Lipinski definition) is 1. The number of carbonyl (C=O) groups is 1. The summed E-state index contributed by atoms with van der Waals surface area (Å²) in [5, 5.41) is 9.38. The molecule has 1 fully saturated rings. The molecule has 1 heterocycles. The average molecular weight is 413 g/mol. The maximum atomic E-state index is 11.4. The summed E-state index contributed by atoms with van der Waals surface area (Å²) in [7, 11) is 0. The summed E-state index contributed by atoms with van der Waals surface area (Å²) in [6.45, 7) is 0.497. The molecule has 1 N–H and O–H groups in total. The van der Waals surface area contributed by atoms with Crippen LogP contribution in [-0.2, 0) is 6.61 Å². The first-order valence-electron chi connectivity index (χ1n) is 9.45. The lowest BCUT2D eigenvalue weighted by Gasteiger charge is -2.17. The van der Waals surface area contributed by atoms with Gasteiger partial charge in [-0.3, -0.25) is 0 Å². The molecule has 0 spiro atoms. The monoisotopic (exact) mass is 412 g/mol. The van der Waals surface area contributed by atoms with E-state index < -0.39 is 5.97 Å². The van der Waals surface area contributed by atoms with Gasteiger partial charge in [0.25, 0.3) is 0 Å². The van der Waals surface area contributed by atoms with Crippen LogP contribution in [0.3, 0.4) is 0 Å². The number of carboxylic acid groups (broad SMARTS) is 1. The first-order chi connectivity index (χ1) is 13.6. The van der Waals surface area contributed by atoms with Crippen molar-refractivity contribution in [2.24, 2.45) is 0 Å². The van der Waals surface area contributed by atoms with Gasteiger partial charge >= 0.3 is 5.97 Å². The number of ether oxygens (including phenoxy) is 1. The number of carboxylic acids is 1. The molecule has 0 saturated heterocycles. The second-order valence-corrected chi connectivity index (χ2v) is 8.91. The van der Waals surface area contributed by atoms with Crippen molar-refractivity contribution in [2.45, 2.75) is 38.2 Å². The third-order valence-electron chi connectivity index (χ3n) is 5.27. The Bertz CT molecular complexity index is 972. The standard InChI is InChI=1S/C23H21ClO3S/c24-22-12-10-19(28-22)14-27-18-8-5-16(6-9-18)20-11-7-17(23(25)26)13-21(20)15-3-1-2-4-15/h5-13,15H,1-4,14H2,(H,25,26). The maximum absolute atomic E-state index is 11.4. The molecular formula is C23H21ClO3S. The van der Waals surface area contributed by atoms with Gasteiger partial charge in [-0.05, 0) is 71.8 Å².